The molecule has 2 aromatic rings. The molecule has 0 radical (unpaired) electrons. The minimum atomic E-state index is -0.264. The summed E-state index contributed by atoms with van der Waals surface area (Å²) in [5.41, 5.74) is 4.97. The van der Waals surface area contributed by atoms with Gasteiger partial charge in [-0.2, -0.15) is 0 Å². The van der Waals surface area contributed by atoms with E-state index in [4.69, 9.17) is 4.98 Å². The van der Waals surface area contributed by atoms with Gasteiger partial charge in [-0.05, 0) is 68.2 Å². The highest BCUT2D eigenvalue weighted by Crippen LogP contribution is 2.31. The number of benzene rings is 1. The Morgan fingerprint density at radius 1 is 1.14 bits per heavy atom. The van der Waals surface area contributed by atoms with Crippen LogP contribution in [0, 0.1) is 5.92 Å². The van der Waals surface area contributed by atoms with Gasteiger partial charge in [-0.15, -0.1) is 11.3 Å². The molecular weight excluding hydrogens is 382 g/mol. The maximum absolute atomic E-state index is 12.6. The predicted octanol–water partition coefficient (Wildman–Crippen LogP) is 3.22. The number of aromatic nitrogens is 1. The SMILES string of the molecule is O=C(NCCc1nc2c(s1)CCCC2)[C@@H]1CC(=O)N(c2ccc3c(c2)CCC3)C1. The lowest BCUT2D eigenvalue weighted by atomic mass is 10.0. The van der Waals surface area contributed by atoms with Crippen LogP contribution < -0.4 is 10.2 Å². The molecule has 3 aliphatic rings. The third-order valence-corrected chi connectivity index (χ3v) is 7.63. The lowest BCUT2D eigenvalue weighted by Gasteiger charge is -2.18. The van der Waals surface area contributed by atoms with Gasteiger partial charge in [0.2, 0.25) is 11.8 Å². The van der Waals surface area contributed by atoms with Gasteiger partial charge >= 0.3 is 0 Å². The summed E-state index contributed by atoms with van der Waals surface area (Å²) in [6.07, 6.45) is 9.26. The molecule has 0 spiro atoms. The number of thiazole rings is 1. The fourth-order valence-corrected chi connectivity index (χ4v) is 5.96. The minimum absolute atomic E-state index is 0.0108. The highest BCUT2D eigenvalue weighted by atomic mass is 32.1. The van der Waals surface area contributed by atoms with Crippen molar-refractivity contribution in [1.82, 2.24) is 10.3 Å². The van der Waals surface area contributed by atoms with E-state index in [-0.39, 0.29) is 17.7 Å². The van der Waals surface area contributed by atoms with Crippen molar-refractivity contribution in [3.8, 4) is 0 Å². The standard InChI is InChI=1S/C23H27N3O2S/c27-22-13-17(14-26(22)18-9-8-15-4-3-5-16(15)12-18)23(28)24-11-10-21-25-19-6-1-2-7-20(19)29-21/h8-9,12,17H,1-7,10-11,13-14H2,(H,24,28)/t17-/m1/s1. The van der Waals surface area contributed by atoms with Gasteiger partial charge < -0.3 is 10.2 Å². The number of anilines is 1. The molecule has 1 aliphatic heterocycles. The minimum Gasteiger partial charge on any atom is -0.355 e. The molecule has 2 amide bonds. The molecule has 0 unspecified atom stereocenters. The molecule has 1 atom stereocenters. The topological polar surface area (TPSA) is 62.3 Å². The molecule has 1 N–H and O–H groups in total. The third kappa shape index (κ3) is 3.82. The van der Waals surface area contributed by atoms with E-state index >= 15 is 0 Å². The summed E-state index contributed by atoms with van der Waals surface area (Å²) < 4.78 is 0. The molecule has 152 valence electrons. The first-order valence-corrected chi connectivity index (χ1v) is 11.7. The maximum Gasteiger partial charge on any atom is 0.227 e. The molecule has 2 aliphatic carbocycles. The van der Waals surface area contributed by atoms with Crippen molar-refractivity contribution in [3.63, 3.8) is 0 Å². The van der Waals surface area contributed by atoms with Crippen molar-refractivity contribution in [1.29, 1.82) is 0 Å². The highest BCUT2D eigenvalue weighted by Gasteiger charge is 2.35. The van der Waals surface area contributed by atoms with Gasteiger partial charge in [0.05, 0.1) is 16.6 Å². The lowest BCUT2D eigenvalue weighted by molar-refractivity contribution is -0.126. The molecular formula is C23H27N3O2S. The first kappa shape index (κ1) is 18.8. The molecule has 0 saturated carbocycles. The summed E-state index contributed by atoms with van der Waals surface area (Å²) in [6.45, 7) is 1.07. The normalized spacial score (nSPS) is 20.6. The van der Waals surface area contributed by atoms with Crippen molar-refractivity contribution in [2.75, 3.05) is 18.0 Å². The largest absolute Gasteiger partial charge is 0.355 e. The van der Waals surface area contributed by atoms with Crippen molar-refractivity contribution >= 4 is 28.8 Å². The second-order valence-corrected chi connectivity index (χ2v) is 9.61. The summed E-state index contributed by atoms with van der Waals surface area (Å²) in [7, 11) is 0. The van der Waals surface area contributed by atoms with Gasteiger partial charge in [0.1, 0.15) is 0 Å². The van der Waals surface area contributed by atoms with Crippen molar-refractivity contribution in [3.05, 3.63) is 44.9 Å². The number of rotatable bonds is 5. The van der Waals surface area contributed by atoms with Crippen LogP contribution in [-0.2, 0) is 41.7 Å². The Morgan fingerprint density at radius 2 is 2.00 bits per heavy atom. The molecule has 1 aromatic heterocycles. The molecule has 6 heteroatoms. The van der Waals surface area contributed by atoms with Crippen LogP contribution in [0.25, 0.3) is 0 Å². The van der Waals surface area contributed by atoms with Crippen molar-refractivity contribution < 1.29 is 9.59 Å². The number of nitrogens with one attached hydrogen (secondary N) is 1. The number of hydrogen-bond acceptors (Lipinski definition) is 4. The molecule has 5 nitrogen and oxygen atoms in total. The number of hydrogen-bond donors (Lipinski definition) is 1. The number of nitrogens with zero attached hydrogens (tertiary/aromatic N) is 2. The second kappa shape index (κ2) is 7.90. The van der Waals surface area contributed by atoms with E-state index in [0.717, 1.165) is 42.8 Å². The Balaban J connectivity index is 1.16. The van der Waals surface area contributed by atoms with E-state index < -0.39 is 0 Å². The predicted molar refractivity (Wildman–Crippen MR) is 114 cm³/mol. The Kier molecular flexibility index (Phi) is 5.12. The van der Waals surface area contributed by atoms with Crippen LogP contribution >= 0.6 is 11.3 Å². The number of fused-ring (bicyclic) bond motifs is 2. The lowest BCUT2D eigenvalue weighted by Crippen LogP contribution is -2.34. The molecule has 29 heavy (non-hydrogen) atoms. The number of carbonyl (C=O) groups excluding carboxylic acids is 2. The first-order valence-electron chi connectivity index (χ1n) is 10.8. The van der Waals surface area contributed by atoms with Gasteiger partial charge in [0.15, 0.2) is 0 Å². The van der Waals surface area contributed by atoms with E-state index in [0.29, 0.717) is 19.5 Å². The smallest absolute Gasteiger partial charge is 0.227 e. The monoisotopic (exact) mass is 409 g/mol. The fourth-order valence-electron chi connectivity index (χ4n) is 4.81. The third-order valence-electron chi connectivity index (χ3n) is 6.42. The van der Waals surface area contributed by atoms with Gasteiger partial charge in [-0.25, -0.2) is 4.98 Å². The zero-order chi connectivity index (χ0) is 19.8. The van der Waals surface area contributed by atoms with E-state index in [9.17, 15) is 9.59 Å². The zero-order valence-corrected chi connectivity index (χ0v) is 17.5. The Morgan fingerprint density at radius 3 is 2.90 bits per heavy atom. The zero-order valence-electron chi connectivity index (χ0n) is 16.7. The van der Waals surface area contributed by atoms with Crippen molar-refractivity contribution in [2.45, 2.75) is 57.8 Å². The van der Waals surface area contributed by atoms with Crippen molar-refractivity contribution in [2.24, 2.45) is 5.92 Å². The van der Waals surface area contributed by atoms with Crippen LogP contribution in [0.2, 0.25) is 0 Å². The number of amides is 2. The molecule has 0 bridgehead atoms. The maximum atomic E-state index is 12.6. The van der Waals surface area contributed by atoms with Crippen LogP contribution in [0.3, 0.4) is 0 Å². The number of carbonyl (C=O) groups is 2. The van der Waals surface area contributed by atoms with Crippen LogP contribution in [0.1, 0.15) is 52.4 Å². The molecule has 5 rings (SSSR count). The van der Waals surface area contributed by atoms with E-state index in [2.05, 4.69) is 17.4 Å². The highest BCUT2D eigenvalue weighted by molar-refractivity contribution is 7.11. The van der Waals surface area contributed by atoms with Crippen LogP contribution in [-0.4, -0.2) is 29.9 Å². The van der Waals surface area contributed by atoms with E-state index in [1.807, 2.05) is 6.07 Å². The van der Waals surface area contributed by atoms with Gasteiger partial charge in [0, 0.05) is 36.5 Å². The van der Waals surface area contributed by atoms with Gasteiger partial charge in [-0.3, -0.25) is 9.59 Å². The molecule has 1 aromatic carbocycles. The molecule has 1 fully saturated rings. The Hall–Kier alpha value is -2.21. The average Bonchev–Trinajstić information content (AvgIpc) is 3.44. The van der Waals surface area contributed by atoms with Gasteiger partial charge in [-0.1, -0.05) is 6.07 Å². The van der Waals surface area contributed by atoms with E-state index in [1.54, 1.807) is 16.2 Å². The number of aryl methyl sites for hydroxylation is 4. The molecule has 1 saturated heterocycles. The van der Waals surface area contributed by atoms with E-state index in [1.165, 1.54) is 41.0 Å². The fraction of sp³-hybridized carbons (Fsp3) is 0.522. The summed E-state index contributed by atoms with van der Waals surface area (Å²) in [4.78, 5) is 33.1. The summed E-state index contributed by atoms with van der Waals surface area (Å²) >= 11 is 1.80. The Labute approximate surface area is 175 Å². The summed E-state index contributed by atoms with van der Waals surface area (Å²) in [6, 6.07) is 6.32. The quantitative estimate of drug-likeness (QED) is 0.825. The summed E-state index contributed by atoms with van der Waals surface area (Å²) in [5, 5.41) is 4.16. The second-order valence-electron chi connectivity index (χ2n) is 8.44. The molecule has 2 heterocycles. The summed E-state index contributed by atoms with van der Waals surface area (Å²) in [5.74, 6) is -0.223. The van der Waals surface area contributed by atoms with Crippen LogP contribution in [0.5, 0.6) is 0 Å². The van der Waals surface area contributed by atoms with Gasteiger partial charge in [0.25, 0.3) is 0 Å². The van der Waals surface area contributed by atoms with Crippen LogP contribution in [0.15, 0.2) is 18.2 Å². The average molecular weight is 410 g/mol. The van der Waals surface area contributed by atoms with Crippen LogP contribution in [0.4, 0.5) is 5.69 Å². The first-order chi connectivity index (χ1) is 14.2. The Bertz CT molecular complexity index is 928.